The fourth-order valence-corrected chi connectivity index (χ4v) is 3.16. The predicted molar refractivity (Wildman–Crippen MR) is 94.5 cm³/mol. The van der Waals surface area contributed by atoms with Crippen LogP contribution in [0.2, 0.25) is 0 Å². The fourth-order valence-electron chi connectivity index (χ4n) is 3.16. The fraction of sp³-hybridized carbons (Fsp3) is 0.158. The van der Waals surface area contributed by atoms with E-state index in [1.165, 1.54) is 0 Å². The highest BCUT2D eigenvalue weighted by Crippen LogP contribution is 2.29. The van der Waals surface area contributed by atoms with Crippen molar-refractivity contribution in [2.75, 3.05) is 13.1 Å². The lowest BCUT2D eigenvalue weighted by molar-refractivity contribution is 0.0569. The van der Waals surface area contributed by atoms with Crippen molar-refractivity contribution >= 4 is 16.8 Å². The van der Waals surface area contributed by atoms with Crippen LogP contribution in [0.4, 0.5) is 0 Å². The Bertz CT molecular complexity index is 1080. The molecule has 0 radical (unpaired) electrons. The number of carbonyl (C=O) groups excluding carboxylic acids is 1. The first-order valence-electron chi connectivity index (χ1n) is 8.39. The number of hydrogen-bond donors (Lipinski definition) is 1. The third kappa shape index (κ3) is 2.45. The first kappa shape index (κ1) is 14.8. The Balaban J connectivity index is 1.28. The van der Waals surface area contributed by atoms with Gasteiger partial charge in [0.05, 0.1) is 5.92 Å². The highest BCUT2D eigenvalue weighted by Gasteiger charge is 2.36. The number of fused-ring (bicyclic) bond motifs is 1. The molecule has 7 heteroatoms. The standard InChI is InChI=1S/C19H15N5O2/c25-19(13-5-4-12-6-8-21-16(12)9-13)24-10-14(11-24)18-22-17(23-26-18)15-3-1-2-7-20-15/h1-9,14,21H,10-11H2. The summed E-state index contributed by atoms with van der Waals surface area (Å²) in [7, 11) is 0. The van der Waals surface area contributed by atoms with E-state index < -0.39 is 0 Å². The van der Waals surface area contributed by atoms with Crippen LogP contribution in [-0.2, 0) is 0 Å². The first-order chi connectivity index (χ1) is 12.8. The van der Waals surface area contributed by atoms with E-state index in [1.807, 2.05) is 48.7 Å². The van der Waals surface area contributed by atoms with E-state index in [0.717, 1.165) is 10.9 Å². The second kappa shape index (κ2) is 5.80. The molecule has 0 saturated carbocycles. The normalized spacial score (nSPS) is 14.5. The molecule has 1 saturated heterocycles. The summed E-state index contributed by atoms with van der Waals surface area (Å²) in [6.45, 7) is 1.15. The second-order valence-corrected chi connectivity index (χ2v) is 6.36. The number of aromatic amines is 1. The van der Waals surface area contributed by atoms with Gasteiger partial charge in [0.25, 0.3) is 5.91 Å². The minimum Gasteiger partial charge on any atom is -0.361 e. The monoisotopic (exact) mass is 345 g/mol. The summed E-state index contributed by atoms with van der Waals surface area (Å²) in [6.07, 6.45) is 3.56. The zero-order valence-electron chi connectivity index (χ0n) is 13.8. The van der Waals surface area contributed by atoms with Crippen molar-refractivity contribution in [2.45, 2.75) is 5.92 Å². The third-order valence-corrected chi connectivity index (χ3v) is 4.66. The zero-order valence-corrected chi connectivity index (χ0v) is 13.8. The van der Waals surface area contributed by atoms with E-state index in [4.69, 9.17) is 4.52 Å². The molecular weight excluding hydrogens is 330 g/mol. The van der Waals surface area contributed by atoms with E-state index in [-0.39, 0.29) is 11.8 Å². The van der Waals surface area contributed by atoms with E-state index in [2.05, 4.69) is 20.1 Å². The smallest absolute Gasteiger partial charge is 0.253 e. The number of nitrogens with one attached hydrogen (secondary N) is 1. The minimum absolute atomic E-state index is 0.0159. The Morgan fingerprint density at radius 1 is 1.19 bits per heavy atom. The summed E-state index contributed by atoms with van der Waals surface area (Å²) in [4.78, 5) is 26.2. The van der Waals surface area contributed by atoms with Gasteiger partial charge in [-0.1, -0.05) is 17.3 Å². The molecule has 0 bridgehead atoms. The SMILES string of the molecule is O=C(c1ccc2cc[nH]c2c1)N1CC(c2nc(-c3ccccn3)no2)C1. The zero-order chi connectivity index (χ0) is 17.5. The highest BCUT2D eigenvalue weighted by molar-refractivity contribution is 5.98. The minimum atomic E-state index is 0.0159. The third-order valence-electron chi connectivity index (χ3n) is 4.66. The van der Waals surface area contributed by atoms with E-state index in [0.29, 0.717) is 36.1 Å². The molecule has 4 heterocycles. The molecule has 1 aliphatic heterocycles. The summed E-state index contributed by atoms with van der Waals surface area (Å²) >= 11 is 0. The summed E-state index contributed by atoms with van der Waals surface area (Å²) in [6, 6.07) is 13.2. The van der Waals surface area contributed by atoms with Gasteiger partial charge in [0.15, 0.2) is 0 Å². The molecule has 1 aromatic carbocycles. The molecule has 5 rings (SSSR count). The number of benzene rings is 1. The number of hydrogen-bond acceptors (Lipinski definition) is 5. The summed E-state index contributed by atoms with van der Waals surface area (Å²) in [5.41, 5.74) is 2.32. The van der Waals surface area contributed by atoms with Gasteiger partial charge in [0.2, 0.25) is 11.7 Å². The molecule has 26 heavy (non-hydrogen) atoms. The summed E-state index contributed by atoms with van der Waals surface area (Å²) < 4.78 is 5.36. The van der Waals surface area contributed by atoms with Crippen molar-refractivity contribution in [3.05, 3.63) is 66.3 Å². The van der Waals surface area contributed by atoms with Crippen LogP contribution in [-0.4, -0.2) is 44.0 Å². The van der Waals surface area contributed by atoms with Gasteiger partial charge in [-0.2, -0.15) is 4.98 Å². The molecule has 128 valence electrons. The van der Waals surface area contributed by atoms with Gasteiger partial charge in [-0.3, -0.25) is 9.78 Å². The van der Waals surface area contributed by atoms with Gasteiger partial charge in [-0.15, -0.1) is 0 Å². The molecule has 1 fully saturated rings. The average Bonchev–Trinajstić information content (AvgIpc) is 3.30. The summed E-state index contributed by atoms with van der Waals surface area (Å²) in [5.74, 6) is 1.11. The van der Waals surface area contributed by atoms with Crippen LogP contribution in [0, 0.1) is 0 Å². The van der Waals surface area contributed by atoms with Gasteiger partial charge in [-0.05, 0) is 35.7 Å². The van der Waals surface area contributed by atoms with Gasteiger partial charge >= 0.3 is 0 Å². The number of pyridine rings is 1. The van der Waals surface area contributed by atoms with Crippen molar-refractivity contribution in [3.63, 3.8) is 0 Å². The van der Waals surface area contributed by atoms with Crippen LogP contribution in [0.5, 0.6) is 0 Å². The molecule has 0 spiro atoms. The molecule has 0 atom stereocenters. The van der Waals surface area contributed by atoms with Crippen LogP contribution < -0.4 is 0 Å². The molecule has 1 N–H and O–H groups in total. The van der Waals surface area contributed by atoms with Crippen LogP contribution in [0.25, 0.3) is 22.4 Å². The lowest BCUT2D eigenvalue weighted by Gasteiger charge is -2.37. The Morgan fingerprint density at radius 3 is 2.96 bits per heavy atom. The van der Waals surface area contributed by atoms with Crippen LogP contribution in [0.1, 0.15) is 22.2 Å². The van der Waals surface area contributed by atoms with Gasteiger partial charge < -0.3 is 14.4 Å². The molecule has 3 aromatic heterocycles. The number of H-pyrrole nitrogens is 1. The maximum atomic E-state index is 12.6. The lowest BCUT2D eigenvalue weighted by Crippen LogP contribution is -2.48. The topological polar surface area (TPSA) is 87.9 Å². The summed E-state index contributed by atoms with van der Waals surface area (Å²) in [5, 5.41) is 5.08. The van der Waals surface area contributed by atoms with Gasteiger partial charge in [0.1, 0.15) is 5.69 Å². The number of carbonyl (C=O) groups is 1. The predicted octanol–water partition coefficient (Wildman–Crippen LogP) is 2.85. The molecule has 4 aromatic rings. The molecular formula is C19H15N5O2. The van der Waals surface area contributed by atoms with E-state index in [1.54, 1.807) is 11.1 Å². The Morgan fingerprint density at radius 2 is 2.12 bits per heavy atom. The first-order valence-corrected chi connectivity index (χ1v) is 8.39. The van der Waals surface area contributed by atoms with Gasteiger partial charge in [-0.25, -0.2) is 0 Å². The Labute approximate surface area is 148 Å². The number of aromatic nitrogens is 4. The highest BCUT2D eigenvalue weighted by atomic mass is 16.5. The van der Waals surface area contributed by atoms with Gasteiger partial charge in [0, 0.05) is 36.6 Å². The number of nitrogens with zero attached hydrogens (tertiary/aromatic N) is 4. The number of likely N-dealkylation sites (tertiary alicyclic amines) is 1. The molecule has 0 unspecified atom stereocenters. The van der Waals surface area contributed by atoms with E-state index >= 15 is 0 Å². The van der Waals surface area contributed by atoms with Crippen molar-refractivity contribution in [1.29, 1.82) is 0 Å². The van der Waals surface area contributed by atoms with Crippen molar-refractivity contribution in [2.24, 2.45) is 0 Å². The largest absolute Gasteiger partial charge is 0.361 e. The average molecular weight is 345 g/mol. The second-order valence-electron chi connectivity index (χ2n) is 6.36. The lowest BCUT2D eigenvalue weighted by atomic mass is 9.98. The maximum Gasteiger partial charge on any atom is 0.253 e. The number of rotatable bonds is 3. The van der Waals surface area contributed by atoms with Crippen LogP contribution in [0.15, 0.2) is 59.4 Å². The quantitative estimate of drug-likeness (QED) is 0.617. The Hall–Kier alpha value is -3.48. The van der Waals surface area contributed by atoms with Crippen LogP contribution in [0.3, 0.4) is 0 Å². The van der Waals surface area contributed by atoms with Crippen LogP contribution >= 0.6 is 0 Å². The van der Waals surface area contributed by atoms with E-state index in [9.17, 15) is 4.79 Å². The van der Waals surface area contributed by atoms with Crippen molar-refractivity contribution < 1.29 is 9.32 Å². The Kier molecular flexibility index (Phi) is 3.31. The molecule has 1 aliphatic rings. The maximum absolute atomic E-state index is 12.6. The van der Waals surface area contributed by atoms with Crippen molar-refractivity contribution in [1.82, 2.24) is 25.0 Å². The number of amides is 1. The molecule has 0 aliphatic carbocycles. The molecule has 1 amide bonds. The molecule has 7 nitrogen and oxygen atoms in total. The van der Waals surface area contributed by atoms with Crippen molar-refractivity contribution in [3.8, 4) is 11.5 Å².